The Morgan fingerprint density at radius 2 is 2.20 bits per heavy atom. The molecule has 0 unspecified atom stereocenters. The largest absolute Gasteiger partial charge is 0.256 e. The topological polar surface area (TPSA) is 62.5 Å². The summed E-state index contributed by atoms with van der Waals surface area (Å²) in [6, 6.07) is 8.01. The number of hydrogen-bond donors (Lipinski definition) is 0. The lowest BCUT2D eigenvalue weighted by Crippen LogP contribution is -1.98. The van der Waals surface area contributed by atoms with Gasteiger partial charge in [-0.15, -0.1) is 11.3 Å². The predicted octanol–water partition coefficient (Wildman–Crippen LogP) is 3.38. The molecular weight excluding hydrogens is 268 g/mol. The molecule has 3 aromatic rings. The van der Waals surface area contributed by atoms with E-state index in [1.807, 2.05) is 30.5 Å². The van der Waals surface area contributed by atoms with Gasteiger partial charge >= 0.3 is 0 Å². The average Bonchev–Trinajstić information content (AvgIpc) is 2.92. The standard InChI is InChI=1S/C15H12N4S/c1-2-13-18-12(6-7-16)15-14(19-13)10(9-20-15)11-5-3-4-8-17-11/h3-5,8-9H,2,6H2,1H3. The molecule has 0 bridgehead atoms. The molecule has 0 radical (unpaired) electrons. The maximum atomic E-state index is 8.95. The molecule has 0 saturated heterocycles. The molecule has 0 atom stereocenters. The zero-order valence-corrected chi connectivity index (χ0v) is 11.8. The second-order valence-electron chi connectivity index (χ2n) is 4.32. The summed E-state index contributed by atoms with van der Waals surface area (Å²) < 4.78 is 0.990. The minimum absolute atomic E-state index is 0.314. The number of rotatable bonds is 3. The third kappa shape index (κ3) is 2.15. The van der Waals surface area contributed by atoms with Crippen LogP contribution in [0.4, 0.5) is 0 Å². The maximum Gasteiger partial charge on any atom is 0.129 e. The Kier molecular flexibility index (Phi) is 3.40. The molecule has 0 spiro atoms. The highest BCUT2D eigenvalue weighted by atomic mass is 32.1. The van der Waals surface area contributed by atoms with Crippen molar-refractivity contribution in [2.75, 3.05) is 0 Å². The number of nitrogens with zero attached hydrogens (tertiary/aromatic N) is 4. The van der Waals surface area contributed by atoms with Gasteiger partial charge in [-0.25, -0.2) is 9.97 Å². The minimum Gasteiger partial charge on any atom is -0.256 e. The SMILES string of the molecule is CCc1nc(CC#N)c2scc(-c3ccccn3)c2n1. The van der Waals surface area contributed by atoms with Crippen LogP contribution in [0.5, 0.6) is 0 Å². The van der Waals surface area contributed by atoms with Gasteiger partial charge in [0.15, 0.2) is 0 Å². The van der Waals surface area contributed by atoms with E-state index in [0.29, 0.717) is 6.42 Å². The highest BCUT2D eigenvalue weighted by Crippen LogP contribution is 2.33. The van der Waals surface area contributed by atoms with Gasteiger partial charge in [0, 0.05) is 23.6 Å². The van der Waals surface area contributed by atoms with E-state index < -0.39 is 0 Å². The van der Waals surface area contributed by atoms with Crippen molar-refractivity contribution in [1.82, 2.24) is 15.0 Å². The summed E-state index contributed by atoms with van der Waals surface area (Å²) in [4.78, 5) is 13.5. The second kappa shape index (κ2) is 5.35. The van der Waals surface area contributed by atoms with Gasteiger partial charge in [-0.05, 0) is 12.1 Å². The quantitative estimate of drug-likeness (QED) is 0.737. The first-order chi connectivity index (χ1) is 9.83. The Morgan fingerprint density at radius 1 is 1.30 bits per heavy atom. The van der Waals surface area contributed by atoms with Crippen LogP contribution in [0.3, 0.4) is 0 Å². The zero-order chi connectivity index (χ0) is 13.9. The fourth-order valence-electron chi connectivity index (χ4n) is 2.08. The van der Waals surface area contributed by atoms with E-state index in [9.17, 15) is 0 Å². The number of aryl methyl sites for hydroxylation is 1. The van der Waals surface area contributed by atoms with Gasteiger partial charge in [0.05, 0.1) is 34.1 Å². The summed E-state index contributed by atoms with van der Waals surface area (Å²) in [6.07, 6.45) is 2.84. The first-order valence-corrected chi connectivity index (χ1v) is 7.26. The van der Waals surface area contributed by atoms with Crippen molar-refractivity contribution >= 4 is 21.6 Å². The Bertz CT molecular complexity index is 787. The molecule has 3 aromatic heterocycles. The number of nitriles is 1. The Labute approximate surface area is 120 Å². The Hall–Kier alpha value is -2.32. The molecule has 98 valence electrons. The van der Waals surface area contributed by atoms with Crippen molar-refractivity contribution in [2.45, 2.75) is 19.8 Å². The second-order valence-corrected chi connectivity index (χ2v) is 5.20. The van der Waals surface area contributed by atoms with Crippen molar-refractivity contribution in [2.24, 2.45) is 0 Å². The van der Waals surface area contributed by atoms with E-state index >= 15 is 0 Å². The average molecular weight is 280 g/mol. The lowest BCUT2D eigenvalue weighted by atomic mass is 10.1. The van der Waals surface area contributed by atoms with Crippen molar-refractivity contribution in [3.63, 3.8) is 0 Å². The number of aromatic nitrogens is 3. The monoisotopic (exact) mass is 280 g/mol. The van der Waals surface area contributed by atoms with Crippen LogP contribution in [-0.4, -0.2) is 15.0 Å². The molecular formula is C15H12N4S. The van der Waals surface area contributed by atoms with Gasteiger partial charge in [-0.1, -0.05) is 13.0 Å². The number of pyridine rings is 1. The molecule has 0 fully saturated rings. The molecule has 0 aromatic carbocycles. The summed E-state index contributed by atoms with van der Waals surface area (Å²) in [7, 11) is 0. The third-order valence-corrected chi connectivity index (χ3v) is 4.05. The van der Waals surface area contributed by atoms with Crippen LogP contribution in [0, 0.1) is 11.3 Å². The maximum absolute atomic E-state index is 8.95. The van der Waals surface area contributed by atoms with Crippen LogP contribution >= 0.6 is 11.3 Å². The first-order valence-electron chi connectivity index (χ1n) is 6.38. The van der Waals surface area contributed by atoms with Gasteiger partial charge in [-0.3, -0.25) is 4.98 Å². The Morgan fingerprint density at radius 3 is 2.90 bits per heavy atom. The van der Waals surface area contributed by atoms with Gasteiger partial charge in [0.2, 0.25) is 0 Å². The van der Waals surface area contributed by atoms with E-state index in [2.05, 4.69) is 21.0 Å². The summed E-state index contributed by atoms with van der Waals surface area (Å²) in [5, 5.41) is 11.0. The molecule has 0 amide bonds. The van der Waals surface area contributed by atoms with Crippen LogP contribution in [0.25, 0.3) is 21.5 Å². The van der Waals surface area contributed by atoms with Gasteiger partial charge in [0.25, 0.3) is 0 Å². The van der Waals surface area contributed by atoms with E-state index in [0.717, 1.165) is 39.4 Å². The first kappa shape index (κ1) is 12.7. The van der Waals surface area contributed by atoms with Crippen molar-refractivity contribution in [3.8, 4) is 17.3 Å². The molecule has 3 heterocycles. The van der Waals surface area contributed by atoms with E-state index in [1.165, 1.54) is 0 Å². The molecule has 0 aliphatic carbocycles. The molecule has 3 rings (SSSR count). The lowest BCUT2D eigenvalue weighted by molar-refractivity contribution is 0.932. The highest BCUT2D eigenvalue weighted by Gasteiger charge is 2.14. The molecule has 5 heteroatoms. The van der Waals surface area contributed by atoms with Gasteiger partial charge in [0.1, 0.15) is 5.82 Å². The predicted molar refractivity (Wildman–Crippen MR) is 79.3 cm³/mol. The van der Waals surface area contributed by atoms with Crippen LogP contribution in [0.2, 0.25) is 0 Å². The smallest absolute Gasteiger partial charge is 0.129 e. The van der Waals surface area contributed by atoms with E-state index in [-0.39, 0.29) is 0 Å². The number of hydrogen-bond acceptors (Lipinski definition) is 5. The summed E-state index contributed by atoms with van der Waals surface area (Å²) in [6.45, 7) is 2.02. The molecule has 0 N–H and O–H groups in total. The normalized spacial score (nSPS) is 10.6. The molecule has 4 nitrogen and oxygen atoms in total. The summed E-state index contributed by atoms with van der Waals surface area (Å²) >= 11 is 1.58. The fraction of sp³-hybridized carbons (Fsp3) is 0.200. The molecule has 20 heavy (non-hydrogen) atoms. The van der Waals surface area contributed by atoms with E-state index in [1.54, 1.807) is 17.5 Å². The van der Waals surface area contributed by atoms with Crippen LogP contribution in [0.1, 0.15) is 18.4 Å². The van der Waals surface area contributed by atoms with Crippen LogP contribution in [0.15, 0.2) is 29.8 Å². The zero-order valence-electron chi connectivity index (χ0n) is 11.0. The summed E-state index contributed by atoms with van der Waals surface area (Å²) in [5.74, 6) is 0.776. The van der Waals surface area contributed by atoms with Crippen LogP contribution < -0.4 is 0 Å². The van der Waals surface area contributed by atoms with Gasteiger partial charge in [-0.2, -0.15) is 5.26 Å². The molecule has 0 saturated carbocycles. The van der Waals surface area contributed by atoms with Crippen molar-refractivity contribution in [3.05, 3.63) is 41.3 Å². The summed E-state index contributed by atoms with van der Waals surface area (Å²) in [5.41, 5.74) is 3.65. The molecule has 0 aliphatic rings. The van der Waals surface area contributed by atoms with Crippen molar-refractivity contribution < 1.29 is 0 Å². The minimum atomic E-state index is 0.314. The Balaban J connectivity index is 2.26. The van der Waals surface area contributed by atoms with Gasteiger partial charge < -0.3 is 0 Å². The molecule has 0 aliphatic heterocycles. The highest BCUT2D eigenvalue weighted by molar-refractivity contribution is 7.17. The third-order valence-electron chi connectivity index (χ3n) is 3.04. The number of fused-ring (bicyclic) bond motifs is 1. The number of thiophene rings is 1. The lowest BCUT2D eigenvalue weighted by Gasteiger charge is -2.03. The van der Waals surface area contributed by atoms with Crippen LogP contribution in [-0.2, 0) is 12.8 Å². The fourth-order valence-corrected chi connectivity index (χ4v) is 3.07. The van der Waals surface area contributed by atoms with E-state index in [4.69, 9.17) is 5.26 Å². The van der Waals surface area contributed by atoms with Crippen molar-refractivity contribution in [1.29, 1.82) is 5.26 Å².